The van der Waals surface area contributed by atoms with Crippen LogP contribution in [0.4, 0.5) is 0 Å². The first-order chi connectivity index (χ1) is 14.5. The number of nitrogens with one attached hydrogen (secondary N) is 2. The summed E-state index contributed by atoms with van der Waals surface area (Å²) >= 11 is 0. The number of amides is 4. The van der Waals surface area contributed by atoms with Crippen LogP contribution in [0.15, 0.2) is 18.2 Å². The molecule has 3 saturated heterocycles. The quantitative estimate of drug-likeness (QED) is 0.716. The number of rotatable bonds is 3. The third-order valence-corrected chi connectivity index (χ3v) is 6.94. The molecule has 0 aliphatic carbocycles. The summed E-state index contributed by atoms with van der Waals surface area (Å²) in [5.41, 5.74) is 1.77. The lowest BCUT2D eigenvalue weighted by Gasteiger charge is -2.41. The van der Waals surface area contributed by atoms with Crippen molar-refractivity contribution in [2.24, 2.45) is 0 Å². The molecule has 1 aromatic rings. The van der Waals surface area contributed by atoms with Gasteiger partial charge in [0.05, 0.1) is 11.1 Å². The van der Waals surface area contributed by atoms with Gasteiger partial charge in [0.15, 0.2) is 0 Å². The van der Waals surface area contributed by atoms with Gasteiger partial charge in [-0.2, -0.15) is 0 Å². The molecule has 0 radical (unpaired) electrons. The minimum absolute atomic E-state index is 0.125. The molecule has 4 amide bonds. The molecule has 2 N–H and O–H groups in total. The minimum atomic E-state index is -0.927. The maximum absolute atomic E-state index is 13.3. The number of fused-ring (bicyclic) bond motifs is 1. The molecule has 5 rings (SSSR count). The zero-order chi connectivity index (χ0) is 20.9. The SMILES string of the molecule is O=C1CCC(N2C(=O)c3cccc(CN4CCCC5(CCCN5)C4)c3C2=O)C(=O)N1. The van der Waals surface area contributed by atoms with E-state index in [1.807, 2.05) is 6.07 Å². The van der Waals surface area contributed by atoms with Crippen molar-refractivity contribution in [3.8, 4) is 0 Å². The number of hydrogen-bond acceptors (Lipinski definition) is 6. The van der Waals surface area contributed by atoms with E-state index in [0.717, 1.165) is 36.5 Å². The highest BCUT2D eigenvalue weighted by atomic mass is 16.2. The summed E-state index contributed by atoms with van der Waals surface area (Å²) in [6, 6.07) is 4.44. The predicted octanol–water partition coefficient (Wildman–Crippen LogP) is 0.806. The second kappa shape index (κ2) is 7.28. The Labute approximate surface area is 175 Å². The number of piperidine rings is 2. The molecular weight excluding hydrogens is 384 g/mol. The Morgan fingerprint density at radius 3 is 2.67 bits per heavy atom. The van der Waals surface area contributed by atoms with E-state index < -0.39 is 23.8 Å². The van der Waals surface area contributed by atoms with E-state index in [1.54, 1.807) is 12.1 Å². The maximum Gasteiger partial charge on any atom is 0.262 e. The molecule has 2 unspecified atom stereocenters. The van der Waals surface area contributed by atoms with Crippen molar-refractivity contribution in [2.45, 2.75) is 56.7 Å². The smallest absolute Gasteiger partial charge is 0.262 e. The molecule has 0 aromatic heterocycles. The standard InChI is InChI=1S/C22H26N4O4/c27-17-7-6-16(19(28)24-17)26-20(29)15-5-1-4-14(18(15)21(26)30)12-25-11-3-9-22(13-25)8-2-10-23-22/h1,4-5,16,23H,2-3,6-13H2,(H,24,27,28). The van der Waals surface area contributed by atoms with E-state index in [1.165, 1.54) is 19.3 Å². The molecule has 4 heterocycles. The van der Waals surface area contributed by atoms with E-state index in [9.17, 15) is 19.2 Å². The lowest BCUT2D eigenvalue weighted by Crippen LogP contribution is -2.54. The summed E-state index contributed by atoms with van der Waals surface area (Å²) in [6.07, 6.45) is 4.96. The van der Waals surface area contributed by atoms with Crippen molar-refractivity contribution < 1.29 is 19.2 Å². The Bertz CT molecular complexity index is 937. The average Bonchev–Trinajstić information content (AvgIpc) is 3.26. The van der Waals surface area contributed by atoms with Gasteiger partial charge in [-0.05, 0) is 56.8 Å². The second-order valence-electron chi connectivity index (χ2n) is 8.91. The number of hydrogen-bond donors (Lipinski definition) is 2. The second-order valence-corrected chi connectivity index (χ2v) is 8.91. The Morgan fingerprint density at radius 1 is 1.07 bits per heavy atom. The van der Waals surface area contributed by atoms with Crippen LogP contribution in [0.5, 0.6) is 0 Å². The first-order valence-electron chi connectivity index (χ1n) is 10.8. The molecular formula is C22H26N4O4. The van der Waals surface area contributed by atoms with Crippen molar-refractivity contribution in [2.75, 3.05) is 19.6 Å². The van der Waals surface area contributed by atoms with Crippen LogP contribution < -0.4 is 10.6 Å². The van der Waals surface area contributed by atoms with Gasteiger partial charge in [-0.15, -0.1) is 0 Å². The monoisotopic (exact) mass is 410 g/mol. The van der Waals surface area contributed by atoms with Gasteiger partial charge in [-0.25, -0.2) is 0 Å². The van der Waals surface area contributed by atoms with E-state index in [4.69, 9.17) is 0 Å². The summed E-state index contributed by atoms with van der Waals surface area (Å²) in [4.78, 5) is 53.4. The van der Waals surface area contributed by atoms with Crippen molar-refractivity contribution in [3.63, 3.8) is 0 Å². The molecule has 8 nitrogen and oxygen atoms in total. The average molecular weight is 410 g/mol. The van der Waals surface area contributed by atoms with Gasteiger partial charge >= 0.3 is 0 Å². The molecule has 8 heteroatoms. The van der Waals surface area contributed by atoms with Crippen LogP contribution in [0.2, 0.25) is 0 Å². The van der Waals surface area contributed by atoms with Crippen LogP contribution >= 0.6 is 0 Å². The van der Waals surface area contributed by atoms with Crippen molar-refractivity contribution in [1.82, 2.24) is 20.4 Å². The van der Waals surface area contributed by atoms with Gasteiger partial charge in [-0.1, -0.05) is 12.1 Å². The van der Waals surface area contributed by atoms with E-state index >= 15 is 0 Å². The van der Waals surface area contributed by atoms with E-state index in [2.05, 4.69) is 15.5 Å². The summed E-state index contributed by atoms with van der Waals surface area (Å²) in [5.74, 6) is -1.81. The fraction of sp³-hybridized carbons (Fsp3) is 0.545. The Hall–Kier alpha value is -2.58. The maximum atomic E-state index is 13.3. The Balaban J connectivity index is 1.40. The topological polar surface area (TPSA) is 98.8 Å². The Kier molecular flexibility index (Phi) is 4.71. The van der Waals surface area contributed by atoms with Crippen LogP contribution in [0.25, 0.3) is 0 Å². The van der Waals surface area contributed by atoms with Crippen molar-refractivity contribution >= 4 is 23.6 Å². The van der Waals surface area contributed by atoms with Gasteiger partial charge in [0.2, 0.25) is 11.8 Å². The van der Waals surface area contributed by atoms with Crippen LogP contribution in [0.3, 0.4) is 0 Å². The first kappa shape index (κ1) is 19.4. The number of carbonyl (C=O) groups is 4. The highest BCUT2D eigenvalue weighted by molar-refractivity contribution is 6.24. The molecule has 158 valence electrons. The van der Waals surface area contributed by atoms with Gasteiger partial charge in [0, 0.05) is 25.0 Å². The lowest BCUT2D eigenvalue weighted by atomic mass is 9.87. The molecule has 2 atom stereocenters. The van der Waals surface area contributed by atoms with Gasteiger partial charge in [0.1, 0.15) is 6.04 Å². The fourth-order valence-corrected chi connectivity index (χ4v) is 5.54. The zero-order valence-corrected chi connectivity index (χ0v) is 16.9. The fourth-order valence-electron chi connectivity index (χ4n) is 5.54. The highest BCUT2D eigenvalue weighted by Crippen LogP contribution is 2.33. The number of benzene rings is 1. The normalized spacial score (nSPS) is 29.6. The molecule has 3 fully saturated rings. The summed E-state index contributed by atoms with van der Waals surface area (Å²) in [6.45, 7) is 3.57. The molecule has 1 aromatic carbocycles. The third-order valence-electron chi connectivity index (χ3n) is 6.94. The molecule has 0 bridgehead atoms. The van der Waals surface area contributed by atoms with Crippen LogP contribution in [0.1, 0.15) is 64.8 Å². The first-order valence-corrected chi connectivity index (χ1v) is 10.8. The van der Waals surface area contributed by atoms with Crippen molar-refractivity contribution in [3.05, 3.63) is 34.9 Å². The van der Waals surface area contributed by atoms with Gasteiger partial charge in [0.25, 0.3) is 11.8 Å². The highest BCUT2D eigenvalue weighted by Gasteiger charge is 2.46. The summed E-state index contributed by atoms with van der Waals surface area (Å²) in [7, 11) is 0. The van der Waals surface area contributed by atoms with Crippen LogP contribution in [0, 0.1) is 0 Å². The molecule has 0 saturated carbocycles. The molecule has 1 spiro atoms. The number of imide groups is 2. The summed E-state index contributed by atoms with van der Waals surface area (Å²) in [5, 5.41) is 5.91. The van der Waals surface area contributed by atoms with E-state index in [-0.39, 0.29) is 24.3 Å². The predicted molar refractivity (Wildman–Crippen MR) is 108 cm³/mol. The Morgan fingerprint density at radius 2 is 1.90 bits per heavy atom. The third kappa shape index (κ3) is 3.15. The molecule has 4 aliphatic rings. The minimum Gasteiger partial charge on any atom is -0.310 e. The van der Waals surface area contributed by atoms with Gasteiger partial charge in [-0.3, -0.25) is 34.3 Å². The van der Waals surface area contributed by atoms with E-state index in [0.29, 0.717) is 17.7 Å². The van der Waals surface area contributed by atoms with Crippen LogP contribution in [-0.2, 0) is 16.1 Å². The molecule has 4 aliphatic heterocycles. The number of nitrogens with zero attached hydrogens (tertiary/aromatic N) is 2. The largest absolute Gasteiger partial charge is 0.310 e. The lowest BCUT2D eigenvalue weighted by molar-refractivity contribution is -0.136. The molecule has 30 heavy (non-hydrogen) atoms. The van der Waals surface area contributed by atoms with Gasteiger partial charge < -0.3 is 5.32 Å². The van der Waals surface area contributed by atoms with Crippen LogP contribution in [-0.4, -0.2) is 64.6 Å². The number of carbonyl (C=O) groups excluding carboxylic acids is 4. The van der Waals surface area contributed by atoms with Crippen molar-refractivity contribution in [1.29, 1.82) is 0 Å². The zero-order valence-electron chi connectivity index (χ0n) is 16.9. The number of likely N-dealkylation sites (tertiary alicyclic amines) is 1. The summed E-state index contributed by atoms with van der Waals surface area (Å²) < 4.78 is 0.